The van der Waals surface area contributed by atoms with Gasteiger partial charge in [-0.05, 0) is 44.6 Å². The Bertz CT molecular complexity index is 703. The van der Waals surface area contributed by atoms with Gasteiger partial charge in [-0.15, -0.1) is 0 Å². The first-order chi connectivity index (χ1) is 12.4. The van der Waals surface area contributed by atoms with Crippen molar-refractivity contribution >= 4 is 5.82 Å². The van der Waals surface area contributed by atoms with E-state index in [9.17, 15) is 0 Å². The molecule has 3 aliphatic rings. The van der Waals surface area contributed by atoms with Gasteiger partial charge in [0.2, 0.25) is 5.89 Å². The molecule has 2 aromatic heterocycles. The number of aromatic nitrogens is 4. The maximum atomic E-state index is 5.38. The maximum Gasteiger partial charge on any atom is 0.229 e. The van der Waals surface area contributed by atoms with Gasteiger partial charge in [0.25, 0.3) is 0 Å². The number of likely N-dealkylation sites (tertiary alicyclic amines) is 1. The van der Waals surface area contributed by atoms with Crippen LogP contribution in [0.1, 0.15) is 56.2 Å². The first-order valence-electron chi connectivity index (χ1n) is 9.46. The van der Waals surface area contributed by atoms with Crippen molar-refractivity contribution in [3.8, 4) is 0 Å². The SMILES string of the molecule is c1cc(N(C2CC2)C2CCN(Cc3noc(C4CC4)n3)CC2)ncn1. The van der Waals surface area contributed by atoms with Gasteiger partial charge in [0.1, 0.15) is 12.1 Å². The van der Waals surface area contributed by atoms with E-state index < -0.39 is 0 Å². The van der Waals surface area contributed by atoms with Gasteiger partial charge in [0, 0.05) is 37.3 Å². The first kappa shape index (κ1) is 15.3. The van der Waals surface area contributed by atoms with E-state index in [1.165, 1.54) is 25.7 Å². The molecule has 0 radical (unpaired) electrons. The van der Waals surface area contributed by atoms with Gasteiger partial charge in [0.15, 0.2) is 5.82 Å². The fraction of sp³-hybridized carbons (Fsp3) is 0.667. The molecule has 0 unspecified atom stereocenters. The highest BCUT2D eigenvalue weighted by molar-refractivity contribution is 5.41. The topological polar surface area (TPSA) is 71.2 Å². The van der Waals surface area contributed by atoms with Crippen molar-refractivity contribution in [3.05, 3.63) is 30.3 Å². The van der Waals surface area contributed by atoms with Crippen LogP contribution in [-0.2, 0) is 6.54 Å². The molecule has 7 heteroatoms. The van der Waals surface area contributed by atoms with E-state index in [1.54, 1.807) is 6.33 Å². The number of piperidine rings is 1. The fourth-order valence-corrected chi connectivity index (χ4v) is 3.84. The van der Waals surface area contributed by atoms with Crippen LogP contribution in [-0.4, -0.2) is 50.2 Å². The zero-order valence-electron chi connectivity index (χ0n) is 14.4. The van der Waals surface area contributed by atoms with Gasteiger partial charge in [-0.1, -0.05) is 5.16 Å². The molecule has 3 heterocycles. The highest BCUT2D eigenvalue weighted by Gasteiger charge is 2.36. The minimum atomic E-state index is 0.534. The summed E-state index contributed by atoms with van der Waals surface area (Å²) in [5.41, 5.74) is 0. The van der Waals surface area contributed by atoms with Crippen LogP contribution in [0.4, 0.5) is 5.82 Å². The van der Waals surface area contributed by atoms with E-state index in [4.69, 9.17) is 4.52 Å². The summed E-state index contributed by atoms with van der Waals surface area (Å²) in [7, 11) is 0. The molecule has 0 N–H and O–H groups in total. The van der Waals surface area contributed by atoms with Crippen molar-refractivity contribution in [2.24, 2.45) is 0 Å². The van der Waals surface area contributed by atoms with E-state index in [0.717, 1.165) is 50.0 Å². The predicted octanol–water partition coefficient (Wildman–Crippen LogP) is 2.37. The lowest BCUT2D eigenvalue weighted by Crippen LogP contribution is -2.46. The summed E-state index contributed by atoms with van der Waals surface area (Å²) in [5.74, 6) is 3.30. The molecule has 2 aromatic rings. The lowest BCUT2D eigenvalue weighted by molar-refractivity contribution is 0.194. The van der Waals surface area contributed by atoms with E-state index in [2.05, 4.69) is 29.9 Å². The Morgan fingerprint density at radius 2 is 1.88 bits per heavy atom. The second-order valence-electron chi connectivity index (χ2n) is 7.54. The predicted molar refractivity (Wildman–Crippen MR) is 92.1 cm³/mol. The quantitative estimate of drug-likeness (QED) is 0.799. The molecule has 7 nitrogen and oxygen atoms in total. The lowest BCUT2D eigenvalue weighted by Gasteiger charge is -2.39. The molecule has 25 heavy (non-hydrogen) atoms. The van der Waals surface area contributed by atoms with Gasteiger partial charge in [-0.25, -0.2) is 9.97 Å². The molecule has 0 atom stereocenters. The van der Waals surface area contributed by atoms with Crippen LogP contribution < -0.4 is 4.90 Å². The van der Waals surface area contributed by atoms with Crippen LogP contribution in [0, 0.1) is 0 Å². The van der Waals surface area contributed by atoms with Crippen LogP contribution in [0.5, 0.6) is 0 Å². The molecule has 5 rings (SSSR count). The van der Waals surface area contributed by atoms with Gasteiger partial charge >= 0.3 is 0 Å². The third kappa shape index (κ3) is 3.38. The van der Waals surface area contributed by atoms with Gasteiger partial charge in [-0.3, -0.25) is 4.90 Å². The van der Waals surface area contributed by atoms with E-state index in [1.807, 2.05) is 12.3 Å². The summed E-state index contributed by atoms with van der Waals surface area (Å²) in [4.78, 5) is 18.1. The molecule has 2 aliphatic carbocycles. The molecule has 1 aliphatic heterocycles. The van der Waals surface area contributed by atoms with Gasteiger partial charge < -0.3 is 9.42 Å². The fourth-order valence-electron chi connectivity index (χ4n) is 3.84. The van der Waals surface area contributed by atoms with Crippen molar-refractivity contribution in [2.75, 3.05) is 18.0 Å². The Balaban J connectivity index is 1.20. The highest BCUT2D eigenvalue weighted by Crippen LogP contribution is 2.39. The van der Waals surface area contributed by atoms with E-state index in [-0.39, 0.29) is 0 Å². The molecule has 2 saturated carbocycles. The zero-order valence-corrected chi connectivity index (χ0v) is 14.4. The Morgan fingerprint density at radius 1 is 1.08 bits per heavy atom. The summed E-state index contributed by atoms with van der Waals surface area (Å²) >= 11 is 0. The third-order valence-electron chi connectivity index (χ3n) is 5.50. The summed E-state index contributed by atoms with van der Waals surface area (Å²) in [6.45, 7) is 2.96. The van der Waals surface area contributed by atoms with Crippen molar-refractivity contribution in [3.63, 3.8) is 0 Å². The van der Waals surface area contributed by atoms with Crippen LogP contribution in [0.15, 0.2) is 23.1 Å². The average Bonchev–Trinajstić information content (AvgIpc) is 3.58. The number of nitrogens with zero attached hydrogens (tertiary/aromatic N) is 6. The maximum absolute atomic E-state index is 5.38. The molecule has 132 valence electrons. The van der Waals surface area contributed by atoms with E-state index in [0.29, 0.717) is 18.0 Å². The van der Waals surface area contributed by atoms with Gasteiger partial charge in [0.05, 0.1) is 6.54 Å². The second kappa shape index (κ2) is 6.37. The highest BCUT2D eigenvalue weighted by atomic mass is 16.5. The third-order valence-corrected chi connectivity index (χ3v) is 5.50. The lowest BCUT2D eigenvalue weighted by atomic mass is 10.0. The zero-order chi connectivity index (χ0) is 16.6. The summed E-state index contributed by atoms with van der Waals surface area (Å²) in [6, 6.07) is 3.29. The molecule has 0 spiro atoms. The first-order valence-corrected chi connectivity index (χ1v) is 9.46. The summed E-state index contributed by atoms with van der Waals surface area (Å²) in [5, 5.41) is 4.16. The normalized spacial score (nSPS) is 22.2. The molecule has 0 amide bonds. The van der Waals surface area contributed by atoms with Gasteiger partial charge in [-0.2, -0.15) is 4.98 Å². The number of hydrogen-bond acceptors (Lipinski definition) is 7. The smallest absolute Gasteiger partial charge is 0.229 e. The van der Waals surface area contributed by atoms with Crippen molar-refractivity contribution in [1.82, 2.24) is 25.0 Å². The summed E-state index contributed by atoms with van der Waals surface area (Å²) < 4.78 is 5.38. The molecular weight excluding hydrogens is 316 g/mol. The van der Waals surface area contributed by atoms with Crippen LogP contribution in [0.2, 0.25) is 0 Å². The van der Waals surface area contributed by atoms with Crippen molar-refractivity contribution < 1.29 is 4.52 Å². The minimum Gasteiger partial charge on any atom is -0.350 e. The average molecular weight is 340 g/mol. The molecule has 3 fully saturated rings. The Labute approximate surface area is 147 Å². The van der Waals surface area contributed by atoms with Crippen LogP contribution >= 0.6 is 0 Å². The molecule has 0 bridgehead atoms. The Morgan fingerprint density at radius 3 is 2.56 bits per heavy atom. The summed E-state index contributed by atoms with van der Waals surface area (Å²) in [6.07, 6.45) is 10.8. The molecular formula is C18H24N6O. The van der Waals surface area contributed by atoms with Crippen LogP contribution in [0.3, 0.4) is 0 Å². The molecule has 1 saturated heterocycles. The van der Waals surface area contributed by atoms with Crippen LogP contribution in [0.25, 0.3) is 0 Å². The number of anilines is 1. The van der Waals surface area contributed by atoms with E-state index >= 15 is 0 Å². The standard InChI is InChI=1S/C18H24N6O/c1-2-13(1)18-21-16(22-25-18)11-23-9-6-15(7-10-23)24(14-3-4-14)17-5-8-19-12-20-17/h5,8,12-15H,1-4,6-7,9-11H2. The molecule has 0 aromatic carbocycles. The number of rotatable bonds is 6. The Hall–Kier alpha value is -2.02. The van der Waals surface area contributed by atoms with Crippen molar-refractivity contribution in [2.45, 2.75) is 63.1 Å². The Kier molecular flexibility index (Phi) is 3.88. The second-order valence-corrected chi connectivity index (χ2v) is 7.54. The minimum absolute atomic E-state index is 0.534. The largest absolute Gasteiger partial charge is 0.350 e. The van der Waals surface area contributed by atoms with Crippen molar-refractivity contribution in [1.29, 1.82) is 0 Å². The monoisotopic (exact) mass is 340 g/mol. The number of hydrogen-bond donors (Lipinski definition) is 0.